The summed E-state index contributed by atoms with van der Waals surface area (Å²) in [6.45, 7) is 2.14. The molecule has 0 radical (unpaired) electrons. The molecule has 3 rings (SSSR count). The van der Waals surface area contributed by atoms with Crippen LogP contribution < -0.4 is 5.73 Å². The van der Waals surface area contributed by atoms with Crippen molar-refractivity contribution in [1.82, 2.24) is 10.2 Å². The lowest BCUT2D eigenvalue weighted by Gasteiger charge is -2.04. The molecule has 0 unspecified atom stereocenters. The maximum atomic E-state index is 5.82. The van der Waals surface area contributed by atoms with Crippen molar-refractivity contribution in [3.8, 4) is 0 Å². The van der Waals surface area contributed by atoms with Crippen molar-refractivity contribution in [2.24, 2.45) is 0 Å². The van der Waals surface area contributed by atoms with Crippen molar-refractivity contribution in [2.45, 2.75) is 25.7 Å². The fraction of sp³-hybridized carbons (Fsp3) is 0.364. The molecule has 3 N–H and O–H groups in total. The Morgan fingerprint density at radius 2 is 2.21 bits per heavy atom. The minimum Gasteiger partial charge on any atom is -0.382 e. The first-order valence-corrected chi connectivity index (χ1v) is 5.00. The number of nitrogens with zero attached hydrogens (tertiary/aromatic N) is 1. The van der Waals surface area contributed by atoms with Crippen LogP contribution in [0.2, 0.25) is 0 Å². The van der Waals surface area contributed by atoms with E-state index in [9.17, 15) is 0 Å². The first-order chi connectivity index (χ1) is 6.77. The molecule has 0 amide bonds. The maximum Gasteiger partial charge on any atom is 0.153 e. The monoisotopic (exact) mass is 187 g/mol. The number of nitrogens with two attached hydrogens (primary N) is 1. The number of aromatic amines is 1. The summed E-state index contributed by atoms with van der Waals surface area (Å²) < 4.78 is 0. The van der Waals surface area contributed by atoms with Gasteiger partial charge in [0.1, 0.15) is 0 Å². The van der Waals surface area contributed by atoms with Crippen molar-refractivity contribution in [3.63, 3.8) is 0 Å². The molecule has 1 fully saturated rings. The molecule has 0 bridgehead atoms. The topological polar surface area (TPSA) is 54.7 Å². The van der Waals surface area contributed by atoms with E-state index in [0.717, 1.165) is 16.8 Å². The quantitative estimate of drug-likeness (QED) is 0.719. The SMILES string of the molecule is Cc1c(C2CC2)ccc2[nH]nc(N)c12. The van der Waals surface area contributed by atoms with Gasteiger partial charge in [-0.2, -0.15) is 5.10 Å². The lowest BCUT2D eigenvalue weighted by Crippen LogP contribution is -1.90. The van der Waals surface area contributed by atoms with Crippen LogP contribution in [0.4, 0.5) is 5.82 Å². The van der Waals surface area contributed by atoms with Crippen molar-refractivity contribution in [3.05, 3.63) is 23.3 Å². The Labute approximate surface area is 82.3 Å². The van der Waals surface area contributed by atoms with Crippen LogP contribution in [0.3, 0.4) is 0 Å². The minimum absolute atomic E-state index is 0.625. The van der Waals surface area contributed by atoms with Gasteiger partial charge in [-0.3, -0.25) is 5.10 Å². The molecule has 2 aromatic rings. The zero-order valence-electron chi connectivity index (χ0n) is 8.17. The summed E-state index contributed by atoms with van der Waals surface area (Å²) in [6.07, 6.45) is 2.65. The Hall–Kier alpha value is -1.51. The number of fused-ring (bicyclic) bond motifs is 1. The Morgan fingerprint density at radius 1 is 1.43 bits per heavy atom. The molecule has 1 aliphatic carbocycles. The van der Waals surface area contributed by atoms with Crippen LogP contribution in [0.1, 0.15) is 29.9 Å². The third-order valence-corrected chi connectivity index (χ3v) is 3.08. The molecule has 0 atom stereocenters. The van der Waals surface area contributed by atoms with Crippen LogP contribution in [0.25, 0.3) is 10.9 Å². The molecule has 72 valence electrons. The molecule has 0 saturated heterocycles. The van der Waals surface area contributed by atoms with E-state index < -0.39 is 0 Å². The Morgan fingerprint density at radius 3 is 2.93 bits per heavy atom. The molecule has 3 nitrogen and oxygen atoms in total. The van der Waals surface area contributed by atoms with E-state index in [1.54, 1.807) is 0 Å². The molecular weight excluding hydrogens is 174 g/mol. The second kappa shape index (κ2) is 2.50. The normalized spacial score (nSPS) is 16.4. The van der Waals surface area contributed by atoms with Gasteiger partial charge in [-0.25, -0.2) is 0 Å². The maximum absolute atomic E-state index is 5.82. The van der Waals surface area contributed by atoms with E-state index in [4.69, 9.17) is 5.73 Å². The number of nitrogens with one attached hydrogen (secondary N) is 1. The number of hydrogen-bond acceptors (Lipinski definition) is 2. The average molecular weight is 187 g/mol. The second-order valence-electron chi connectivity index (χ2n) is 4.09. The Kier molecular flexibility index (Phi) is 1.40. The zero-order chi connectivity index (χ0) is 9.71. The number of anilines is 1. The summed E-state index contributed by atoms with van der Waals surface area (Å²) in [4.78, 5) is 0. The molecule has 0 aliphatic heterocycles. The smallest absolute Gasteiger partial charge is 0.153 e. The lowest BCUT2D eigenvalue weighted by molar-refractivity contribution is 1.11. The van der Waals surface area contributed by atoms with Gasteiger partial charge in [0.25, 0.3) is 0 Å². The molecule has 1 heterocycles. The van der Waals surface area contributed by atoms with Gasteiger partial charge in [-0.1, -0.05) is 6.07 Å². The van der Waals surface area contributed by atoms with Crippen molar-refractivity contribution >= 4 is 16.7 Å². The van der Waals surface area contributed by atoms with Gasteiger partial charge in [0.2, 0.25) is 0 Å². The van der Waals surface area contributed by atoms with Crippen LogP contribution in [0.15, 0.2) is 12.1 Å². The van der Waals surface area contributed by atoms with E-state index in [-0.39, 0.29) is 0 Å². The van der Waals surface area contributed by atoms with E-state index in [1.807, 2.05) is 0 Å². The predicted molar refractivity (Wildman–Crippen MR) is 57.2 cm³/mol. The molecule has 3 heteroatoms. The number of nitrogen functional groups attached to an aromatic ring is 1. The highest BCUT2D eigenvalue weighted by Crippen LogP contribution is 2.43. The Bertz CT molecular complexity index is 494. The van der Waals surface area contributed by atoms with Crippen molar-refractivity contribution < 1.29 is 0 Å². The third kappa shape index (κ3) is 0.953. The fourth-order valence-electron chi connectivity index (χ4n) is 2.16. The molecule has 1 aromatic heterocycles. The summed E-state index contributed by atoms with van der Waals surface area (Å²) in [5.74, 6) is 1.40. The van der Waals surface area contributed by atoms with Gasteiger partial charge in [0, 0.05) is 5.39 Å². The van der Waals surface area contributed by atoms with Gasteiger partial charge in [-0.15, -0.1) is 0 Å². The van der Waals surface area contributed by atoms with Gasteiger partial charge in [0.05, 0.1) is 5.52 Å². The zero-order valence-corrected chi connectivity index (χ0v) is 8.17. The molecule has 14 heavy (non-hydrogen) atoms. The van der Waals surface area contributed by atoms with Gasteiger partial charge < -0.3 is 5.73 Å². The molecule has 1 aromatic carbocycles. The molecular formula is C11H13N3. The molecule has 1 aliphatic rings. The van der Waals surface area contributed by atoms with Gasteiger partial charge in [0.15, 0.2) is 5.82 Å². The molecule has 1 saturated carbocycles. The van der Waals surface area contributed by atoms with Crippen molar-refractivity contribution in [2.75, 3.05) is 5.73 Å². The van der Waals surface area contributed by atoms with E-state index in [1.165, 1.54) is 24.0 Å². The second-order valence-corrected chi connectivity index (χ2v) is 4.09. The van der Waals surface area contributed by atoms with Gasteiger partial charge in [-0.05, 0) is 42.9 Å². The Balaban J connectivity index is 2.33. The fourth-order valence-corrected chi connectivity index (χ4v) is 2.16. The van der Waals surface area contributed by atoms with E-state index >= 15 is 0 Å². The van der Waals surface area contributed by atoms with Crippen molar-refractivity contribution in [1.29, 1.82) is 0 Å². The number of benzene rings is 1. The number of hydrogen-bond donors (Lipinski definition) is 2. The van der Waals surface area contributed by atoms with Gasteiger partial charge >= 0.3 is 0 Å². The summed E-state index contributed by atoms with van der Waals surface area (Å²) in [5, 5.41) is 8.08. The summed E-state index contributed by atoms with van der Waals surface area (Å²) >= 11 is 0. The summed E-state index contributed by atoms with van der Waals surface area (Å²) in [7, 11) is 0. The standard InChI is InChI=1S/C11H13N3/c1-6-8(7-2-3-7)4-5-9-10(6)11(12)14-13-9/h4-5,7H,2-3H2,1H3,(H3,12,13,14). The van der Waals surface area contributed by atoms with E-state index in [0.29, 0.717) is 5.82 Å². The number of H-pyrrole nitrogens is 1. The average Bonchev–Trinajstić information content (AvgIpc) is 2.92. The van der Waals surface area contributed by atoms with Crippen LogP contribution >= 0.6 is 0 Å². The molecule has 0 spiro atoms. The third-order valence-electron chi connectivity index (χ3n) is 3.08. The summed E-state index contributed by atoms with van der Waals surface area (Å²) in [5.41, 5.74) is 9.62. The number of rotatable bonds is 1. The number of aromatic nitrogens is 2. The van der Waals surface area contributed by atoms with E-state index in [2.05, 4.69) is 29.3 Å². The highest BCUT2D eigenvalue weighted by Gasteiger charge is 2.26. The first-order valence-electron chi connectivity index (χ1n) is 5.00. The van der Waals surface area contributed by atoms with Crippen LogP contribution in [0, 0.1) is 6.92 Å². The minimum atomic E-state index is 0.625. The summed E-state index contributed by atoms with van der Waals surface area (Å²) in [6, 6.07) is 4.28. The lowest BCUT2D eigenvalue weighted by atomic mass is 10.0. The predicted octanol–water partition coefficient (Wildman–Crippen LogP) is 2.33. The highest BCUT2D eigenvalue weighted by atomic mass is 15.1. The van der Waals surface area contributed by atoms with Crippen LogP contribution in [-0.2, 0) is 0 Å². The first kappa shape index (κ1) is 7.85. The number of aryl methyl sites for hydroxylation is 1. The van der Waals surface area contributed by atoms with Crippen LogP contribution in [0.5, 0.6) is 0 Å². The van der Waals surface area contributed by atoms with Crippen LogP contribution in [-0.4, -0.2) is 10.2 Å². The highest BCUT2D eigenvalue weighted by molar-refractivity contribution is 5.92. The largest absolute Gasteiger partial charge is 0.382 e.